The molecule has 0 heterocycles. The molecule has 5 nitrogen and oxygen atoms in total. The number of ether oxygens (including phenoxy) is 1. The zero-order chi connectivity index (χ0) is 15.9. The average molecular weight is 434 g/mol. The molecule has 0 aromatic heterocycles. The number of nitrogens with zero attached hydrogens (tertiary/aromatic N) is 1. The molecular weight excluding hydrogens is 403 g/mol. The Morgan fingerprint density at radius 3 is 2.52 bits per heavy atom. The molecule has 0 atom stereocenters. The number of halogens is 1. The summed E-state index contributed by atoms with van der Waals surface area (Å²) >= 11 is 0. The Hall–Kier alpha value is -1.02. The summed E-state index contributed by atoms with van der Waals surface area (Å²) in [6.45, 7) is 9.16. The number of hydrogen-bond acceptors (Lipinski definition) is 3. The standard InChI is InChI=1S/C17H30N4O.HI/c1-3-18-17(21-14-9-15-22-4-2)20-13-8-12-19-16-10-6-5-7-11-16;/h5-7,10-11,19H,3-4,8-9,12-15H2,1-2H3,(H2,18,20,21);1H. The van der Waals surface area contributed by atoms with E-state index in [2.05, 4.69) is 40.0 Å². The van der Waals surface area contributed by atoms with Gasteiger partial charge in [0.05, 0.1) is 0 Å². The molecule has 132 valence electrons. The van der Waals surface area contributed by atoms with Gasteiger partial charge in [0.1, 0.15) is 0 Å². The fourth-order valence-corrected chi connectivity index (χ4v) is 1.93. The number of hydrogen-bond donors (Lipinski definition) is 3. The van der Waals surface area contributed by atoms with Crippen LogP contribution in [0.1, 0.15) is 26.7 Å². The van der Waals surface area contributed by atoms with Crippen LogP contribution in [0.15, 0.2) is 35.3 Å². The summed E-state index contributed by atoms with van der Waals surface area (Å²) in [5.74, 6) is 0.888. The number of benzene rings is 1. The zero-order valence-corrected chi connectivity index (χ0v) is 16.6. The lowest BCUT2D eigenvalue weighted by atomic mass is 10.3. The predicted molar refractivity (Wildman–Crippen MR) is 110 cm³/mol. The highest BCUT2D eigenvalue weighted by atomic mass is 127. The van der Waals surface area contributed by atoms with Crippen molar-refractivity contribution in [1.82, 2.24) is 10.6 Å². The van der Waals surface area contributed by atoms with Gasteiger partial charge in [0.15, 0.2) is 5.96 Å². The van der Waals surface area contributed by atoms with Gasteiger partial charge in [-0.2, -0.15) is 0 Å². The lowest BCUT2D eigenvalue weighted by Gasteiger charge is -2.11. The molecule has 0 spiro atoms. The largest absolute Gasteiger partial charge is 0.385 e. The Morgan fingerprint density at radius 1 is 1.04 bits per heavy atom. The number of para-hydroxylation sites is 1. The van der Waals surface area contributed by atoms with Crippen LogP contribution in [0.25, 0.3) is 0 Å². The van der Waals surface area contributed by atoms with Gasteiger partial charge in [0, 0.05) is 45.1 Å². The molecule has 0 bridgehead atoms. The summed E-state index contributed by atoms with van der Waals surface area (Å²) in [4.78, 5) is 4.58. The normalized spacial score (nSPS) is 10.8. The fraction of sp³-hybridized carbons (Fsp3) is 0.588. The second-order valence-corrected chi connectivity index (χ2v) is 4.88. The molecule has 0 saturated heterocycles. The molecule has 1 aromatic carbocycles. The Balaban J connectivity index is 0.00000484. The molecule has 0 radical (unpaired) electrons. The molecule has 6 heteroatoms. The minimum Gasteiger partial charge on any atom is -0.385 e. The summed E-state index contributed by atoms with van der Waals surface area (Å²) in [7, 11) is 0. The van der Waals surface area contributed by atoms with Crippen molar-refractivity contribution < 1.29 is 4.74 Å². The van der Waals surface area contributed by atoms with E-state index in [1.807, 2.05) is 25.1 Å². The predicted octanol–water partition coefficient (Wildman–Crippen LogP) is 3.09. The summed E-state index contributed by atoms with van der Waals surface area (Å²) in [5.41, 5.74) is 1.16. The van der Waals surface area contributed by atoms with Crippen molar-refractivity contribution in [3.63, 3.8) is 0 Å². The van der Waals surface area contributed by atoms with E-state index in [9.17, 15) is 0 Å². The van der Waals surface area contributed by atoms with Crippen LogP contribution in [0.3, 0.4) is 0 Å². The molecule has 0 unspecified atom stereocenters. The molecule has 0 saturated carbocycles. The van der Waals surface area contributed by atoms with E-state index < -0.39 is 0 Å². The highest BCUT2D eigenvalue weighted by Gasteiger charge is 1.96. The van der Waals surface area contributed by atoms with E-state index in [-0.39, 0.29) is 24.0 Å². The van der Waals surface area contributed by atoms with Crippen LogP contribution >= 0.6 is 24.0 Å². The fourth-order valence-electron chi connectivity index (χ4n) is 1.93. The van der Waals surface area contributed by atoms with Gasteiger partial charge in [0.2, 0.25) is 0 Å². The summed E-state index contributed by atoms with van der Waals surface area (Å²) in [6, 6.07) is 10.3. The Labute approximate surface area is 157 Å². The van der Waals surface area contributed by atoms with Crippen LogP contribution in [-0.4, -0.2) is 45.4 Å². The van der Waals surface area contributed by atoms with Crippen molar-refractivity contribution in [3.05, 3.63) is 30.3 Å². The van der Waals surface area contributed by atoms with E-state index in [1.54, 1.807) is 0 Å². The second-order valence-electron chi connectivity index (χ2n) is 4.88. The van der Waals surface area contributed by atoms with E-state index in [0.717, 1.165) is 63.9 Å². The minimum absolute atomic E-state index is 0. The van der Waals surface area contributed by atoms with Gasteiger partial charge in [-0.1, -0.05) is 18.2 Å². The van der Waals surface area contributed by atoms with Crippen LogP contribution in [-0.2, 0) is 4.74 Å². The maximum absolute atomic E-state index is 5.32. The van der Waals surface area contributed by atoms with E-state index in [1.165, 1.54) is 0 Å². The van der Waals surface area contributed by atoms with Gasteiger partial charge in [-0.05, 0) is 38.8 Å². The molecular formula is C17H31IN4O. The highest BCUT2D eigenvalue weighted by Crippen LogP contribution is 2.04. The average Bonchev–Trinajstić information content (AvgIpc) is 2.55. The van der Waals surface area contributed by atoms with E-state index in [0.29, 0.717) is 0 Å². The third-order valence-corrected chi connectivity index (χ3v) is 3.01. The minimum atomic E-state index is 0. The number of guanidine groups is 1. The van der Waals surface area contributed by atoms with Gasteiger partial charge in [0.25, 0.3) is 0 Å². The summed E-state index contributed by atoms with van der Waals surface area (Å²) in [5, 5.41) is 9.98. The smallest absolute Gasteiger partial charge is 0.191 e. The maximum Gasteiger partial charge on any atom is 0.191 e. The first-order chi connectivity index (χ1) is 10.9. The quantitative estimate of drug-likeness (QED) is 0.217. The first-order valence-corrected chi connectivity index (χ1v) is 8.25. The van der Waals surface area contributed by atoms with Crippen LogP contribution in [0.2, 0.25) is 0 Å². The summed E-state index contributed by atoms with van der Waals surface area (Å²) in [6.07, 6.45) is 2.00. The van der Waals surface area contributed by atoms with Gasteiger partial charge in [-0.15, -0.1) is 24.0 Å². The van der Waals surface area contributed by atoms with Gasteiger partial charge >= 0.3 is 0 Å². The molecule has 0 amide bonds. The van der Waals surface area contributed by atoms with Crippen molar-refractivity contribution in [2.24, 2.45) is 4.99 Å². The molecule has 0 aliphatic heterocycles. The van der Waals surface area contributed by atoms with Crippen LogP contribution < -0.4 is 16.0 Å². The van der Waals surface area contributed by atoms with Gasteiger partial charge in [-0.25, -0.2) is 0 Å². The molecule has 0 aliphatic rings. The Kier molecular flexibility index (Phi) is 15.2. The highest BCUT2D eigenvalue weighted by molar-refractivity contribution is 14.0. The van der Waals surface area contributed by atoms with E-state index in [4.69, 9.17) is 4.74 Å². The first-order valence-electron chi connectivity index (χ1n) is 8.25. The molecule has 3 N–H and O–H groups in total. The molecule has 0 fully saturated rings. The lowest BCUT2D eigenvalue weighted by molar-refractivity contribution is 0.145. The van der Waals surface area contributed by atoms with Gasteiger partial charge in [-0.3, -0.25) is 4.99 Å². The summed E-state index contributed by atoms with van der Waals surface area (Å²) < 4.78 is 5.32. The molecule has 23 heavy (non-hydrogen) atoms. The third kappa shape index (κ3) is 12.1. The van der Waals surface area contributed by atoms with Crippen molar-refractivity contribution >= 4 is 35.6 Å². The molecule has 0 aliphatic carbocycles. The van der Waals surface area contributed by atoms with Crippen molar-refractivity contribution in [2.45, 2.75) is 26.7 Å². The maximum atomic E-state index is 5.32. The lowest BCUT2D eigenvalue weighted by Crippen LogP contribution is -2.38. The van der Waals surface area contributed by atoms with Crippen molar-refractivity contribution in [2.75, 3.05) is 44.7 Å². The number of rotatable bonds is 11. The van der Waals surface area contributed by atoms with Gasteiger partial charge < -0.3 is 20.7 Å². The van der Waals surface area contributed by atoms with Crippen LogP contribution in [0.4, 0.5) is 5.69 Å². The number of nitrogens with one attached hydrogen (secondary N) is 3. The SMILES string of the molecule is CCNC(=NCCCNc1ccccc1)NCCCOCC.I. The molecule has 1 rings (SSSR count). The number of aliphatic imine (C=N–C) groups is 1. The Morgan fingerprint density at radius 2 is 1.83 bits per heavy atom. The second kappa shape index (κ2) is 15.9. The molecule has 1 aromatic rings. The topological polar surface area (TPSA) is 57.7 Å². The third-order valence-electron chi connectivity index (χ3n) is 3.01. The zero-order valence-electron chi connectivity index (χ0n) is 14.3. The van der Waals surface area contributed by atoms with Crippen molar-refractivity contribution in [1.29, 1.82) is 0 Å². The first kappa shape index (κ1) is 22.0. The monoisotopic (exact) mass is 434 g/mol. The van der Waals surface area contributed by atoms with Crippen molar-refractivity contribution in [3.8, 4) is 0 Å². The van der Waals surface area contributed by atoms with Crippen LogP contribution in [0, 0.1) is 0 Å². The number of anilines is 1. The Bertz CT molecular complexity index is 401. The van der Waals surface area contributed by atoms with Crippen LogP contribution in [0.5, 0.6) is 0 Å². The van der Waals surface area contributed by atoms with E-state index >= 15 is 0 Å².